The summed E-state index contributed by atoms with van der Waals surface area (Å²) in [6.45, 7) is 2.19. The monoisotopic (exact) mass is 360 g/mol. The largest absolute Gasteiger partial charge is 0.340 e. The van der Waals surface area contributed by atoms with Crippen LogP contribution < -0.4 is 4.31 Å². The van der Waals surface area contributed by atoms with E-state index in [1.54, 1.807) is 24.1 Å². The molecule has 0 bridgehead atoms. The SMILES string of the molecule is CCc1ccccc1N(CC(=O)N(C)Cc1ccccc1)S(C)(=O)=O. The number of anilines is 1. The normalized spacial score (nSPS) is 11.2. The predicted octanol–water partition coefficient (Wildman–Crippen LogP) is 2.67. The van der Waals surface area contributed by atoms with E-state index in [0.717, 1.165) is 17.4 Å². The van der Waals surface area contributed by atoms with Crippen molar-refractivity contribution < 1.29 is 13.2 Å². The first-order chi connectivity index (χ1) is 11.8. The molecule has 0 spiro atoms. The average Bonchev–Trinajstić information content (AvgIpc) is 2.59. The Hall–Kier alpha value is -2.34. The van der Waals surface area contributed by atoms with Crippen molar-refractivity contribution in [2.75, 3.05) is 24.2 Å². The molecule has 0 aliphatic heterocycles. The Morgan fingerprint density at radius 3 is 2.20 bits per heavy atom. The second-order valence-electron chi connectivity index (χ2n) is 5.99. The van der Waals surface area contributed by atoms with Gasteiger partial charge in [-0.3, -0.25) is 9.10 Å². The number of nitrogens with zero attached hydrogens (tertiary/aromatic N) is 2. The van der Waals surface area contributed by atoms with Gasteiger partial charge in [0.1, 0.15) is 6.54 Å². The number of rotatable bonds is 7. The van der Waals surface area contributed by atoms with Crippen LogP contribution in [-0.4, -0.2) is 39.1 Å². The third-order valence-corrected chi connectivity index (χ3v) is 5.14. The second kappa shape index (κ2) is 8.16. The maximum atomic E-state index is 12.6. The van der Waals surface area contributed by atoms with Crippen LogP contribution in [0.2, 0.25) is 0 Å². The van der Waals surface area contributed by atoms with E-state index in [0.29, 0.717) is 18.7 Å². The maximum Gasteiger partial charge on any atom is 0.243 e. The zero-order valence-electron chi connectivity index (χ0n) is 14.8. The molecule has 0 unspecified atom stereocenters. The zero-order valence-corrected chi connectivity index (χ0v) is 15.7. The molecule has 0 fully saturated rings. The minimum absolute atomic E-state index is 0.209. The van der Waals surface area contributed by atoms with E-state index in [1.165, 1.54) is 4.31 Å². The summed E-state index contributed by atoms with van der Waals surface area (Å²) < 4.78 is 25.7. The van der Waals surface area contributed by atoms with Gasteiger partial charge >= 0.3 is 0 Å². The van der Waals surface area contributed by atoms with Crippen molar-refractivity contribution in [3.05, 3.63) is 65.7 Å². The molecule has 0 saturated heterocycles. The third-order valence-electron chi connectivity index (χ3n) is 4.01. The summed E-state index contributed by atoms with van der Waals surface area (Å²) in [6.07, 6.45) is 1.82. The highest BCUT2D eigenvalue weighted by Crippen LogP contribution is 2.23. The van der Waals surface area contributed by atoms with E-state index in [4.69, 9.17) is 0 Å². The van der Waals surface area contributed by atoms with E-state index in [1.807, 2.05) is 49.4 Å². The molecule has 0 N–H and O–H groups in total. The molecule has 0 aromatic heterocycles. The topological polar surface area (TPSA) is 57.7 Å². The Bertz CT molecular complexity index is 820. The number of aryl methyl sites for hydroxylation is 1. The molecule has 0 atom stereocenters. The molecule has 0 heterocycles. The van der Waals surface area contributed by atoms with E-state index < -0.39 is 10.0 Å². The molecule has 0 aliphatic carbocycles. The number of amides is 1. The lowest BCUT2D eigenvalue weighted by molar-refractivity contribution is -0.128. The number of carbonyl (C=O) groups excluding carboxylic acids is 1. The molecule has 0 aliphatic rings. The van der Waals surface area contributed by atoms with Crippen LogP contribution in [0.1, 0.15) is 18.1 Å². The van der Waals surface area contributed by atoms with Crippen LogP contribution in [0.4, 0.5) is 5.69 Å². The molecule has 5 nitrogen and oxygen atoms in total. The van der Waals surface area contributed by atoms with Crippen molar-refractivity contribution in [2.45, 2.75) is 19.9 Å². The highest BCUT2D eigenvalue weighted by Gasteiger charge is 2.24. The van der Waals surface area contributed by atoms with Gasteiger partial charge in [-0.15, -0.1) is 0 Å². The number of hydrogen-bond donors (Lipinski definition) is 0. The Balaban J connectivity index is 2.21. The van der Waals surface area contributed by atoms with Crippen molar-refractivity contribution >= 4 is 21.6 Å². The fourth-order valence-electron chi connectivity index (χ4n) is 2.62. The lowest BCUT2D eigenvalue weighted by Crippen LogP contribution is -2.41. The van der Waals surface area contributed by atoms with Gasteiger partial charge in [0.05, 0.1) is 11.9 Å². The molecule has 0 radical (unpaired) electrons. The fraction of sp³-hybridized carbons (Fsp3) is 0.316. The van der Waals surface area contributed by atoms with Crippen LogP contribution in [0.15, 0.2) is 54.6 Å². The maximum absolute atomic E-state index is 12.6. The minimum atomic E-state index is -3.57. The number of carbonyl (C=O) groups is 1. The highest BCUT2D eigenvalue weighted by atomic mass is 32.2. The Kier molecular flexibility index (Phi) is 6.20. The van der Waals surface area contributed by atoms with E-state index in [-0.39, 0.29) is 12.5 Å². The van der Waals surface area contributed by atoms with Crippen molar-refractivity contribution in [1.29, 1.82) is 0 Å². The highest BCUT2D eigenvalue weighted by molar-refractivity contribution is 7.92. The van der Waals surface area contributed by atoms with E-state index in [9.17, 15) is 13.2 Å². The van der Waals surface area contributed by atoms with Crippen LogP contribution in [0.25, 0.3) is 0 Å². The Labute approximate surface area is 149 Å². The smallest absolute Gasteiger partial charge is 0.243 e. The molecule has 2 aromatic carbocycles. The quantitative estimate of drug-likeness (QED) is 0.763. The third kappa shape index (κ3) is 5.06. The number of para-hydroxylation sites is 1. The fourth-order valence-corrected chi connectivity index (χ4v) is 3.50. The first kappa shape index (κ1) is 19.0. The van der Waals surface area contributed by atoms with Gasteiger partial charge in [-0.25, -0.2) is 8.42 Å². The Morgan fingerprint density at radius 2 is 1.60 bits per heavy atom. The number of hydrogen-bond acceptors (Lipinski definition) is 3. The molecular formula is C19H24N2O3S. The lowest BCUT2D eigenvalue weighted by atomic mass is 10.1. The van der Waals surface area contributed by atoms with Crippen molar-refractivity contribution in [1.82, 2.24) is 4.90 Å². The van der Waals surface area contributed by atoms with Gasteiger partial charge < -0.3 is 4.90 Å². The van der Waals surface area contributed by atoms with Crippen LogP contribution in [0.5, 0.6) is 0 Å². The molecule has 2 aromatic rings. The van der Waals surface area contributed by atoms with E-state index >= 15 is 0 Å². The van der Waals surface area contributed by atoms with Crippen LogP contribution in [-0.2, 0) is 27.8 Å². The summed E-state index contributed by atoms with van der Waals surface area (Å²) >= 11 is 0. The van der Waals surface area contributed by atoms with Crippen molar-refractivity contribution in [2.24, 2.45) is 0 Å². The summed E-state index contributed by atoms with van der Waals surface area (Å²) in [5.74, 6) is -0.250. The molecule has 0 saturated carbocycles. The van der Waals surface area contributed by atoms with Crippen LogP contribution >= 0.6 is 0 Å². The summed E-state index contributed by atoms with van der Waals surface area (Å²) in [5.41, 5.74) is 2.46. The van der Waals surface area contributed by atoms with Crippen LogP contribution in [0, 0.1) is 0 Å². The molecule has 134 valence electrons. The molecular weight excluding hydrogens is 336 g/mol. The first-order valence-corrected chi connectivity index (χ1v) is 10.0. The van der Waals surface area contributed by atoms with Crippen molar-refractivity contribution in [3.8, 4) is 0 Å². The summed E-state index contributed by atoms with van der Waals surface area (Å²) in [6, 6.07) is 16.9. The number of likely N-dealkylation sites (N-methyl/N-ethyl adjacent to an activating group) is 1. The predicted molar refractivity (Wildman–Crippen MR) is 101 cm³/mol. The first-order valence-electron chi connectivity index (χ1n) is 8.16. The van der Waals surface area contributed by atoms with Gasteiger partial charge in [0.25, 0.3) is 0 Å². The molecule has 2 rings (SSSR count). The number of benzene rings is 2. The van der Waals surface area contributed by atoms with Gasteiger partial charge in [0.15, 0.2) is 0 Å². The average molecular weight is 360 g/mol. The standard InChI is InChI=1S/C19H24N2O3S/c1-4-17-12-8-9-13-18(17)21(25(3,23)24)15-19(22)20(2)14-16-10-6-5-7-11-16/h5-13H,4,14-15H2,1-3H3. The zero-order chi connectivity index (χ0) is 18.4. The Morgan fingerprint density at radius 1 is 1.00 bits per heavy atom. The van der Waals surface area contributed by atoms with Crippen molar-refractivity contribution in [3.63, 3.8) is 0 Å². The van der Waals surface area contributed by atoms with Gasteiger partial charge in [-0.2, -0.15) is 0 Å². The van der Waals surface area contributed by atoms with E-state index in [2.05, 4.69) is 0 Å². The summed E-state index contributed by atoms with van der Waals surface area (Å²) in [5, 5.41) is 0. The molecule has 25 heavy (non-hydrogen) atoms. The van der Waals surface area contributed by atoms with Gasteiger partial charge in [0, 0.05) is 13.6 Å². The van der Waals surface area contributed by atoms with Gasteiger partial charge in [0.2, 0.25) is 15.9 Å². The van der Waals surface area contributed by atoms with Crippen LogP contribution in [0.3, 0.4) is 0 Å². The van der Waals surface area contributed by atoms with Gasteiger partial charge in [-0.1, -0.05) is 55.5 Å². The second-order valence-corrected chi connectivity index (χ2v) is 7.89. The number of sulfonamides is 1. The molecule has 1 amide bonds. The van der Waals surface area contributed by atoms with Gasteiger partial charge in [-0.05, 0) is 23.6 Å². The molecule has 6 heteroatoms. The minimum Gasteiger partial charge on any atom is -0.340 e. The summed E-state index contributed by atoms with van der Waals surface area (Å²) in [4.78, 5) is 14.1. The summed E-state index contributed by atoms with van der Waals surface area (Å²) in [7, 11) is -1.88. The lowest BCUT2D eigenvalue weighted by Gasteiger charge is -2.26.